The average Bonchev–Trinajstić information content (AvgIpc) is 2.85. The molecule has 0 bridgehead atoms. The van der Waals surface area contributed by atoms with Gasteiger partial charge in [-0.05, 0) is 18.6 Å². The summed E-state index contributed by atoms with van der Waals surface area (Å²) in [4.78, 5) is 14.4. The molecule has 0 aromatic rings. The van der Waals surface area contributed by atoms with Gasteiger partial charge < -0.3 is 14.3 Å². The lowest BCUT2D eigenvalue weighted by atomic mass is 10.1. The summed E-state index contributed by atoms with van der Waals surface area (Å²) in [6.45, 7) is 3.03. The van der Waals surface area contributed by atoms with E-state index in [0.29, 0.717) is 6.61 Å². The van der Waals surface area contributed by atoms with Crippen molar-refractivity contribution in [3.63, 3.8) is 0 Å². The first kappa shape index (κ1) is 14.5. The first-order chi connectivity index (χ1) is 8.19. The molecule has 2 saturated heterocycles. The second-order valence-electron chi connectivity index (χ2n) is 3.94. The van der Waals surface area contributed by atoms with Crippen LogP contribution in [-0.2, 0) is 14.3 Å². The summed E-state index contributed by atoms with van der Waals surface area (Å²) in [5.41, 5.74) is 0. The zero-order valence-corrected chi connectivity index (χ0v) is 10.8. The SMILES string of the molecule is CCCCS.O=[N+]([O-])OC1COC2CCOC21. The fraction of sp³-hybridized carbons (Fsp3) is 1.00. The van der Waals surface area contributed by atoms with Gasteiger partial charge in [-0.3, -0.25) is 0 Å². The Kier molecular flexibility index (Phi) is 6.61. The number of nitrogens with zero attached hydrogens (tertiary/aromatic N) is 1. The number of hydrogen-bond donors (Lipinski definition) is 1. The summed E-state index contributed by atoms with van der Waals surface area (Å²) in [5.74, 6) is 1.04. The van der Waals surface area contributed by atoms with Crippen LogP contribution in [0.15, 0.2) is 0 Å². The molecule has 0 N–H and O–H groups in total. The van der Waals surface area contributed by atoms with E-state index in [1.54, 1.807) is 0 Å². The van der Waals surface area contributed by atoms with Crippen LogP contribution < -0.4 is 0 Å². The maximum atomic E-state index is 10.0. The van der Waals surface area contributed by atoms with Gasteiger partial charge in [-0.15, -0.1) is 10.1 Å². The molecule has 0 radical (unpaired) electrons. The van der Waals surface area contributed by atoms with Crippen LogP contribution in [-0.4, -0.2) is 42.4 Å². The molecular weight excluding hydrogens is 246 g/mol. The summed E-state index contributed by atoms with van der Waals surface area (Å²) >= 11 is 4.00. The Morgan fingerprint density at radius 2 is 2.29 bits per heavy atom. The molecule has 3 atom stereocenters. The zero-order valence-electron chi connectivity index (χ0n) is 9.91. The monoisotopic (exact) mass is 265 g/mol. The molecule has 0 saturated carbocycles. The molecule has 2 aliphatic heterocycles. The van der Waals surface area contributed by atoms with E-state index in [4.69, 9.17) is 9.47 Å². The lowest BCUT2D eigenvalue weighted by Gasteiger charge is -2.12. The zero-order chi connectivity index (χ0) is 12.7. The van der Waals surface area contributed by atoms with E-state index in [1.807, 2.05) is 0 Å². The summed E-state index contributed by atoms with van der Waals surface area (Å²) in [6.07, 6.45) is 2.55. The van der Waals surface area contributed by atoms with Gasteiger partial charge in [0.1, 0.15) is 6.10 Å². The number of unbranched alkanes of at least 4 members (excludes halogenated alkanes) is 1. The minimum Gasteiger partial charge on any atom is -0.373 e. The van der Waals surface area contributed by atoms with Gasteiger partial charge in [0.05, 0.1) is 12.7 Å². The van der Waals surface area contributed by atoms with Crippen molar-refractivity contribution in [3.05, 3.63) is 10.1 Å². The van der Waals surface area contributed by atoms with Gasteiger partial charge in [0.2, 0.25) is 0 Å². The largest absolute Gasteiger partial charge is 0.373 e. The van der Waals surface area contributed by atoms with Crippen molar-refractivity contribution in [3.8, 4) is 0 Å². The van der Waals surface area contributed by atoms with Gasteiger partial charge in [-0.25, -0.2) is 0 Å². The standard InChI is InChI=1S/C6H9NO5.C4H10S/c8-7(9)12-5-3-11-4-1-2-10-6(4)5;1-2-3-4-5/h4-6H,1-3H2;5H,2-4H2,1H3. The number of rotatable bonds is 4. The Bertz CT molecular complexity index is 239. The number of thiol groups is 1. The van der Waals surface area contributed by atoms with Crippen molar-refractivity contribution in [1.29, 1.82) is 0 Å². The second kappa shape index (κ2) is 7.73. The van der Waals surface area contributed by atoms with Gasteiger partial charge >= 0.3 is 0 Å². The first-order valence-corrected chi connectivity index (χ1v) is 6.47. The van der Waals surface area contributed by atoms with Crippen molar-refractivity contribution in [2.75, 3.05) is 19.0 Å². The molecule has 7 heteroatoms. The predicted molar refractivity (Wildman–Crippen MR) is 64.7 cm³/mol. The fourth-order valence-electron chi connectivity index (χ4n) is 1.79. The minimum absolute atomic E-state index is 0.00468. The molecule has 2 fully saturated rings. The summed E-state index contributed by atoms with van der Waals surface area (Å²) in [6, 6.07) is 0. The number of ether oxygens (including phenoxy) is 2. The molecule has 0 aromatic heterocycles. The molecule has 2 rings (SSSR count). The van der Waals surface area contributed by atoms with Crippen LogP contribution in [0.4, 0.5) is 0 Å². The van der Waals surface area contributed by atoms with Gasteiger partial charge in [0.15, 0.2) is 6.10 Å². The average molecular weight is 265 g/mol. The molecule has 17 heavy (non-hydrogen) atoms. The van der Waals surface area contributed by atoms with Crippen LogP contribution in [0.2, 0.25) is 0 Å². The third-order valence-corrected chi connectivity index (χ3v) is 2.97. The molecule has 2 heterocycles. The topological polar surface area (TPSA) is 70.8 Å². The van der Waals surface area contributed by atoms with E-state index in [0.717, 1.165) is 12.2 Å². The van der Waals surface area contributed by atoms with Gasteiger partial charge in [-0.1, -0.05) is 13.3 Å². The quantitative estimate of drug-likeness (QED) is 0.473. The second-order valence-corrected chi connectivity index (χ2v) is 4.39. The molecule has 3 unspecified atom stereocenters. The van der Waals surface area contributed by atoms with Crippen molar-refractivity contribution in [1.82, 2.24) is 0 Å². The van der Waals surface area contributed by atoms with Gasteiger partial charge in [0, 0.05) is 6.61 Å². The Morgan fingerprint density at radius 1 is 1.53 bits per heavy atom. The normalized spacial score (nSPS) is 30.4. The summed E-state index contributed by atoms with van der Waals surface area (Å²) in [5, 5.41) is 9.22. The van der Waals surface area contributed by atoms with Crippen molar-refractivity contribution >= 4 is 12.6 Å². The maximum Gasteiger partial charge on any atom is 0.294 e. The van der Waals surface area contributed by atoms with E-state index in [9.17, 15) is 10.1 Å². The highest BCUT2D eigenvalue weighted by atomic mass is 32.1. The van der Waals surface area contributed by atoms with Gasteiger partial charge in [0.25, 0.3) is 5.09 Å². The van der Waals surface area contributed by atoms with Crippen LogP contribution in [0, 0.1) is 10.1 Å². The Hall–Kier alpha value is -0.530. The molecule has 0 spiro atoms. The van der Waals surface area contributed by atoms with E-state index in [-0.39, 0.29) is 18.8 Å². The van der Waals surface area contributed by atoms with E-state index in [1.165, 1.54) is 12.8 Å². The molecule has 0 amide bonds. The van der Waals surface area contributed by atoms with E-state index >= 15 is 0 Å². The maximum absolute atomic E-state index is 10.0. The highest BCUT2D eigenvalue weighted by Crippen LogP contribution is 2.28. The summed E-state index contributed by atoms with van der Waals surface area (Å²) in [7, 11) is 0. The Labute approximate surface area is 106 Å². The third-order valence-electron chi connectivity index (χ3n) is 2.65. The summed E-state index contributed by atoms with van der Waals surface area (Å²) < 4.78 is 10.5. The Morgan fingerprint density at radius 3 is 2.82 bits per heavy atom. The van der Waals surface area contributed by atoms with E-state index in [2.05, 4.69) is 24.4 Å². The van der Waals surface area contributed by atoms with Crippen LogP contribution in [0.3, 0.4) is 0 Å². The minimum atomic E-state index is -0.794. The van der Waals surface area contributed by atoms with Crippen molar-refractivity contribution in [2.45, 2.75) is 44.5 Å². The predicted octanol–water partition coefficient (Wildman–Crippen LogP) is 1.47. The first-order valence-electron chi connectivity index (χ1n) is 5.84. The molecule has 6 nitrogen and oxygen atoms in total. The van der Waals surface area contributed by atoms with Crippen molar-refractivity contribution in [2.24, 2.45) is 0 Å². The van der Waals surface area contributed by atoms with Crippen LogP contribution in [0.1, 0.15) is 26.2 Å². The number of fused-ring (bicyclic) bond motifs is 1. The lowest BCUT2D eigenvalue weighted by Crippen LogP contribution is -2.31. The smallest absolute Gasteiger partial charge is 0.294 e. The molecule has 0 aliphatic carbocycles. The highest BCUT2D eigenvalue weighted by molar-refractivity contribution is 7.80. The molecule has 0 aromatic carbocycles. The van der Waals surface area contributed by atoms with Gasteiger partial charge in [-0.2, -0.15) is 12.6 Å². The third kappa shape index (κ3) is 4.69. The number of hydrogen-bond acceptors (Lipinski definition) is 6. The van der Waals surface area contributed by atoms with Crippen molar-refractivity contribution < 1.29 is 19.4 Å². The molecule has 100 valence electrons. The van der Waals surface area contributed by atoms with Crippen LogP contribution >= 0.6 is 12.6 Å². The van der Waals surface area contributed by atoms with Crippen LogP contribution in [0.5, 0.6) is 0 Å². The lowest BCUT2D eigenvalue weighted by molar-refractivity contribution is -0.769. The molecule has 2 aliphatic rings. The molecular formula is C10H19NO5S. The fourth-order valence-corrected chi connectivity index (χ4v) is 2.11. The van der Waals surface area contributed by atoms with E-state index < -0.39 is 11.2 Å². The highest BCUT2D eigenvalue weighted by Gasteiger charge is 2.43. The Balaban J connectivity index is 0.000000249. The van der Waals surface area contributed by atoms with Crippen LogP contribution in [0.25, 0.3) is 0 Å².